The average Bonchev–Trinajstić information content (AvgIpc) is 2.91. The fraction of sp³-hybridized carbons (Fsp3) is 0.267. The van der Waals surface area contributed by atoms with Crippen LogP contribution in [0, 0.1) is 0 Å². The Morgan fingerprint density at radius 3 is 2.90 bits per heavy atom. The average molecular weight is 290 g/mol. The molecule has 1 amide bonds. The zero-order chi connectivity index (χ0) is 14.5. The van der Waals surface area contributed by atoms with E-state index in [1.807, 2.05) is 5.38 Å². The molecule has 1 heterocycles. The van der Waals surface area contributed by atoms with Gasteiger partial charge in [-0.1, -0.05) is 6.92 Å². The second-order valence-electron chi connectivity index (χ2n) is 4.40. The highest BCUT2D eigenvalue weighted by molar-refractivity contribution is 7.10. The number of carbonyl (C=O) groups excluding carboxylic acids is 1. The molecular formula is C15H18N2O2S. The molecule has 0 aliphatic rings. The van der Waals surface area contributed by atoms with Gasteiger partial charge in [0.1, 0.15) is 5.75 Å². The number of thiophene rings is 1. The van der Waals surface area contributed by atoms with E-state index < -0.39 is 0 Å². The Bertz CT molecular complexity index is 608. The van der Waals surface area contributed by atoms with Crippen LogP contribution in [0.4, 0.5) is 5.69 Å². The highest BCUT2D eigenvalue weighted by Gasteiger charge is 2.10. The number of ether oxygens (including phenoxy) is 1. The van der Waals surface area contributed by atoms with Gasteiger partial charge in [0.2, 0.25) is 0 Å². The Labute approximate surface area is 122 Å². The number of hydrogen-bond acceptors (Lipinski definition) is 4. The molecule has 0 radical (unpaired) electrons. The van der Waals surface area contributed by atoms with Gasteiger partial charge >= 0.3 is 0 Å². The Morgan fingerprint density at radius 2 is 2.20 bits per heavy atom. The molecular weight excluding hydrogens is 272 g/mol. The van der Waals surface area contributed by atoms with Crippen molar-refractivity contribution in [1.82, 2.24) is 5.32 Å². The summed E-state index contributed by atoms with van der Waals surface area (Å²) in [5.41, 5.74) is 8.05. The summed E-state index contributed by atoms with van der Waals surface area (Å²) in [5, 5.41) is 4.96. The molecule has 0 aliphatic carbocycles. The van der Waals surface area contributed by atoms with Crippen LogP contribution >= 0.6 is 11.3 Å². The summed E-state index contributed by atoms with van der Waals surface area (Å²) in [4.78, 5) is 13.3. The lowest BCUT2D eigenvalue weighted by molar-refractivity contribution is 0.0951. The summed E-state index contributed by atoms with van der Waals surface area (Å²) in [6.07, 6.45) is 0.973. The van der Waals surface area contributed by atoms with Crippen LogP contribution in [0.15, 0.2) is 29.6 Å². The zero-order valence-corrected chi connectivity index (χ0v) is 12.4. The van der Waals surface area contributed by atoms with Crippen molar-refractivity contribution < 1.29 is 9.53 Å². The third-order valence-electron chi connectivity index (χ3n) is 3.05. The molecule has 1 aromatic carbocycles. The summed E-state index contributed by atoms with van der Waals surface area (Å²) < 4.78 is 5.11. The number of aryl methyl sites for hydroxylation is 1. The van der Waals surface area contributed by atoms with E-state index in [0.29, 0.717) is 23.5 Å². The number of nitrogen functional groups attached to an aromatic ring is 1. The van der Waals surface area contributed by atoms with Gasteiger partial charge in [0, 0.05) is 22.2 Å². The summed E-state index contributed by atoms with van der Waals surface area (Å²) in [5.74, 6) is 0.437. The molecule has 0 saturated carbocycles. The number of benzene rings is 1. The number of nitrogens with one attached hydrogen (secondary N) is 1. The predicted octanol–water partition coefficient (Wildman–Crippen LogP) is 2.83. The Balaban J connectivity index is 2.07. The van der Waals surface area contributed by atoms with Crippen molar-refractivity contribution in [2.45, 2.75) is 19.9 Å². The number of amides is 1. The highest BCUT2D eigenvalue weighted by atomic mass is 32.1. The van der Waals surface area contributed by atoms with E-state index in [1.54, 1.807) is 36.6 Å². The number of nitrogens with two attached hydrogens (primary N) is 1. The van der Waals surface area contributed by atoms with E-state index in [2.05, 4.69) is 18.3 Å². The SMILES string of the molecule is CCc1ccsc1CNC(=O)c1cc(N)cc(OC)c1. The molecule has 5 heteroatoms. The molecule has 2 rings (SSSR count). The van der Waals surface area contributed by atoms with Crippen molar-refractivity contribution in [2.24, 2.45) is 0 Å². The van der Waals surface area contributed by atoms with Crippen LogP contribution in [0.3, 0.4) is 0 Å². The molecule has 0 bridgehead atoms. The molecule has 3 N–H and O–H groups in total. The minimum absolute atomic E-state index is 0.147. The molecule has 0 spiro atoms. The lowest BCUT2D eigenvalue weighted by Crippen LogP contribution is -2.23. The van der Waals surface area contributed by atoms with E-state index in [0.717, 1.165) is 6.42 Å². The van der Waals surface area contributed by atoms with Gasteiger partial charge in [-0.25, -0.2) is 0 Å². The van der Waals surface area contributed by atoms with Gasteiger partial charge in [0.05, 0.1) is 13.7 Å². The first-order valence-corrected chi connectivity index (χ1v) is 7.30. The number of anilines is 1. The summed E-state index contributed by atoms with van der Waals surface area (Å²) in [6.45, 7) is 2.65. The molecule has 2 aromatic rings. The van der Waals surface area contributed by atoms with Crippen LogP contribution in [0.25, 0.3) is 0 Å². The largest absolute Gasteiger partial charge is 0.497 e. The van der Waals surface area contributed by atoms with Crippen LogP contribution in [0.2, 0.25) is 0 Å². The van der Waals surface area contributed by atoms with Crippen molar-refractivity contribution >= 4 is 22.9 Å². The smallest absolute Gasteiger partial charge is 0.251 e. The maximum absolute atomic E-state index is 12.1. The Kier molecular flexibility index (Phi) is 4.63. The normalized spacial score (nSPS) is 10.3. The first kappa shape index (κ1) is 14.4. The second kappa shape index (κ2) is 6.43. The molecule has 4 nitrogen and oxygen atoms in total. The maximum Gasteiger partial charge on any atom is 0.251 e. The van der Waals surface area contributed by atoms with Crippen molar-refractivity contribution in [3.8, 4) is 5.75 Å². The summed E-state index contributed by atoms with van der Waals surface area (Å²) in [6, 6.07) is 7.11. The topological polar surface area (TPSA) is 64.4 Å². The molecule has 106 valence electrons. The van der Waals surface area contributed by atoms with E-state index in [-0.39, 0.29) is 5.91 Å². The minimum atomic E-state index is -0.147. The van der Waals surface area contributed by atoms with Gasteiger partial charge in [0.15, 0.2) is 0 Å². The van der Waals surface area contributed by atoms with E-state index in [9.17, 15) is 4.79 Å². The first-order chi connectivity index (χ1) is 9.63. The third-order valence-corrected chi connectivity index (χ3v) is 4.02. The third kappa shape index (κ3) is 3.30. The van der Waals surface area contributed by atoms with Crippen LogP contribution in [-0.4, -0.2) is 13.0 Å². The van der Waals surface area contributed by atoms with Crippen LogP contribution in [0.1, 0.15) is 27.7 Å². The predicted molar refractivity (Wildman–Crippen MR) is 82.3 cm³/mol. The van der Waals surface area contributed by atoms with E-state index >= 15 is 0 Å². The Morgan fingerprint density at radius 1 is 1.40 bits per heavy atom. The van der Waals surface area contributed by atoms with Crippen molar-refractivity contribution in [2.75, 3.05) is 12.8 Å². The standard InChI is InChI=1S/C15H18N2O2S/c1-3-10-4-5-20-14(10)9-17-15(18)11-6-12(16)8-13(7-11)19-2/h4-8H,3,9,16H2,1-2H3,(H,17,18). The molecule has 20 heavy (non-hydrogen) atoms. The fourth-order valence-electron chi connectivity index (χ4n) is 1.97. The second-order valence-corrected chi connectivity index (χ2v) is 5.40. The van der Waals surface area contributed by atoms with E-state index in [4.69, 9.17) is 10.5 Å². The molecule has 0 aliphatic heterocycles. The van der Waals surface area contributed by atoms with Crippen molar-refractivity contribution in [3.63, 3.8) is 0 Å². The van der Waals surface area contributed by atoms with Gasteiger partial charge in [-0.3, -0.25) is 4.79 Å². The number of carbonyl (C=O) groups is 1. The van der Waals surface area contributed by atoms with Crippen molar-refractivity contribution in [3.05, 3.63) is 45.6 Å². The van der Waals surface area contributed by atoms with Gasteiger partial charge < -0.3 is 15.8 Å². The summed E-state index contributed by atoms with van der Waals surface area (Å²) >= 11 is 1.66. The quantitative estimate of drug-likeness (QED) is 0.832. The lowest BCUT2D eigenvalue weighted by Gasteiger charge is -2.08. The van der Waals surface area contributed by atoms with Crippen molar-refractivity contribution in [1.29, 1.82) is 0 Å². The van der Waals surface area contributed by atoms with Crippen LogP contribution in [-0.2, 0) is 13.0 Å². The van der Waals surface area contributed by atoms with E-state index in [1.165, 1.54) is 10.4 Å². The summed E-state index contributed by atoms with van der Waals surface area (Å²) in [7, 11) is 1.55. The number of hydrogen-bond donors (Lipinski definition) is 2. The maximum atomic E-state index is 12.1. The fourth-order valence-corrected chi connectivity index (χ4v) is 2.89. The van der Waals surface area contributed by atoms with Gasteiger partial charge in [-0.2, -0.15) is 0 Å². The molecule has 0 saturated heterocycles. The van der Waals surface area contributed by atoms with Gasteiger partial charge in [0.25, 0.3) is 5.91 Å². The highest BCUT2D eigenvalue weighted by Crippen LogP contribution is 2.20. The monoisotopic (exact) mass is 290 g/mol. The first-order valence-electron chi connectivity index (χ1n) is 6.42. The minimum Gasteiger partial charge on any atom is -0.497 e. The van der Waals surface area contributed by atoms with Crippen LogP contribution < -0.4 is 15.8 Å². The lowest BCUT2D eigenvalue weighted by atomic mass is 10.1. The van der Waals surface area contributed by atoms with Crippen LogP contribution in [0.5, 0.6) is 5.75 Å². The molecule has 0 atom stereocenters. The number of methoxy groups -OCH3 is 1. The molecule has 0 unspecified atom stereocenters. The molecule has 0 fully saturated rings. The zero-order valence-electron chi connectivity index (χ0n) is 11.6. The Hall–Kier alpha value is -2.01. The van der Waals surface area contributed by atoms with Gasteiger partial charge in [-0.05, 0) is 35.6 Å². The number of rotatable bonds is 5. The van der Waals surface area contributed by atoms with Gasteiger partial charge in [-0.15, -0.1) is 11.3 Å². The molecule has 1 aromatic heterocycles.